The average Bonchev–Trinajstić information content (AvgIpc) is 2.90. The minimum absolute atomic E-state index is 0.650. The van der Waals surface area contributed by atoms with Gasteiger partial charge in [-0.2, -0.15) is 0 Å². The zero-order valence-electron chi connectivity index (χ0n) is 11.9. The molecule has 19 heavy (non-hydrogen) atoms. The Labute approximate surface area is 116 Å². The van der Waals surface area contributed by atoms with Crippen molar-refractivity contribution < 1.29 is 0 Å². The van der Waals surface area contributed by atoms with E-state index < -0.39 is 0 Å². The molecule has 98 valence electrons. The first-order chi connectivity index (χ1) is 9.22. The van der Waals surface area contributed by atoms with E-state index in [1.54, 1.807) is 11.1 Å². The Balaban J connectivity index is 1.55. The van der Waals surface area contributed by atoms with Crippen LogP contribution in [0.1, 0.15) is 37.3 Å². The largest absolute Gasteiger partial charge is 0.0803 e. The molecule has 0 saturated heterocycles. The molecule has 0 bridgehead atoms. The lowest BCUT2D eigenvalue weighted by Gasteiger charge is -2.10. The molecular weight excluding hydrogens is 228 g/mol. The molecule has 1 unspecified atom stereocenters. The minimum atomic E-state index is 0.650. The Kier molecular flexibility index (Phi) is 3.42. The summed E-state index contributed by atoms with van der Waals surface area (Å²) in [5, 5.41) is 0. The van der Waals surface area contributed by atoms with Crippen molar-refractivity contribution in [1.82, 2.24) is 0 Å². The van der Waals surface area contributed by atoms with E-state index in [0.717, 1.165) is 0 Å². The van der Waals surface area contributed by atoms with Crippen molar-refractivity contribution in [2.45, 2.75) is 39.5 Å². The molecule has 1 atom stereocenters. The second-order valence-electron chi connectivity index (χ2n) is 5.93. The zero-order valence-corrected chi connectivity index (χ0v) is 11.9. The third-order valence-electron chi connectivity index (χ3n) is 4.25. The quantitative estimate of drug-likeness (QED) is 0.648. The van der Waals surface area contributed by atoms with Gasteiger partial charge in [-0.25, -0.2) is 0 Å². The summed E-state index contributed by atoms with van der Waals surface area (Å²) in [7, 11) is 0. The van der Waals surface area contributed by atoms with E-state index in [1.165, 1.54) is 42.4 Å². The molecule has 0 N–H and O–H groups in total. The summed E-state index contributed by atoms with van der Waals surface area (Å²) in [6.45, 7) is 4.39. The van der Waals surface area contributed by atoms with Gasteiger partial charge in [-0.05, 0) is 45.1 Å². The van der Waals surface area contributed by atoms with Crippen LogP contribution in [-0.4, -0.2) is 0 Å². The van der Waals surface area contributed by atoms with Crippen LogP contribution in [0.5, 0.6) is 0 Å². The highest BCUT2D eigenvalue weighted by molar-refractivity contribution is 5.46. The van der Waals surface area contributed by atoms with E-state index in [2.05, 4.69) is 56.3 Å². The van der Waals surface area contributed by atoms with Gasteiger partial charge in [-0.3, -0.25) is 0 Å². The zero-order chi connectivity index (χ0) is 13.2. The van der Waals surface area contributed by atoms with Gasteiger partial charge in [0.15, 0.2) is 0 Å². The predicted molar refractivity (Wildman–Crippen MR) is 82.1 cm³/mol. The normalized spacial score (nSPS) is 20.9. The Bertz CT molecular complexity index is 569. The first-order valence-corrected chi connectivity index (χ1v) is 7.36. The van der Waals surface area contributed by atoms with Crippen LogP contribution in [0.3, 0.4) is 0 Å². The maximum atomic E-state index is 2.45. The van der Waals surface area contributed by atoms with Crippen molar-refractivity contribution >= 4 is 0 Å². The molecule has 0 fully saturated rings. The number of allylic oxidation sites excluding steroid dienone is 6. The highest BCUT2D eigenvalue weighted by Gasteiger charge is 2.24. The lowest BCUT2D eigenvalue weighted by atomic mass is 9.95. The van der Waals surface area contributed by atoms with E-state index in [4.69, 9.17) is 0 Å². The monoisotopic (exact) mass is 250 g/mol. The molecule has 3 rings (SSSR count). The van der Waals surface area contributed by atoms with Crippen molar-refractivity contribution in [2.24, 2.45) is 5.92 Å². The summed E-state index contributed by atoms with van der Waals surface area (Å²) in [6.07, 6.45) is 12.2. The van der Waals surface area contributed by atoms with Gasteiger partial charge in [0.2, 0.25) is 0 Å². The smallest absolute Gasteiger partial charge is 0.0199 e. The van der Waals surface area contributed by atoms with Crippen LogP contribution in [0.25, 0.3) is 0 Å². The summed E-state index contributed by atoms with van der Waals surface area (Å²) in [5.41, 5.74) is 7.56. The van der Waals surface area contributed by atoms with Gasteiger partial charge in [0, 0.05) is 5.92 Å². The lowest BCUT2D eigenvalue weighted by molar-refractivity contribution is 0.760. The van der Waals surface area contributed by atoms with Crippen molar-refractivity contribution in [3.05, 3.63) is 70.3 Å². The molecule has 0 amide bonds. The van der Waals surface area contributed by atoms with Crippen LogP contribution < -0.4 is 0 Å². The predicted octanol–water partition coefficient (Wildman–Crippen LogP) is 5.15. The highest BCUT2D eigenvalue weighted by Crippen LogP contribution is 2.40. The summed E-state index contributed by atoms with van der Waals surface area (Å²) in [4.78, 5) is 0. The molecule has 0 saturated carbocycles. The van der Waals surface area contributed by atoms with Crippen LogP contribution in [0, 0.1) is 12.8 Å². The van der Waals surface area contributed by atoms with Crippen LogP contribution in [0.2, 0.25) is 0 Å². The Morgan fingerprint density at radius 3 is 2.89 bits per heavy atom. The maximum Gasteiger partial charge on any atom is 0.0199 e. The molecule has 1 aromatic rings. The number of hydrogen-bond donors (Lipinski definition) is 0. The van der Waals surface area contributed by atoms with Crippen LogP contribution >= 0.6 is 0 Å². The molecule has 0 heteroatoms. The van der Waals surface area contributed by atoms with Gasteiger partial charge >= 0.3 is 0 Å². The lowest BCUT2D eigenvalue weighted by Crippen LogP contribution is -1.97. The molecule has 2 aliphatic carbocycles. The first-order valence-electron chi connectivity index (χ1n) is 7.36. The van der Waals surface area contributed by atoms with Crippen molar-refractivity contribution in [2.75, 3.05) is 0 Å². The van der Waals surface area contributed by atoms with Crippen LogP contribution in [0.15, 0.2) is 59.2 Å². The van der Waals surface area contributed by atoms with E-state index in [9.17, 15) is 0 Å². The third kappa shape index (κ3) is 2.73. The number of aryl methyl sites for hydroxylation is 2. The molecule has 2 aliphatic rings. The number of rotatable bonds is 4. The van der Waals surface area contributed by atoms with Crippen LogP contribution in [0.4, 0.5) is 0 Å². The third-order valence-corrected chi connectivity index (χ3v) is 4.25. The summed E-state index contributed by atoms with van der Waals surface area (Å²) in [6, 6.07) is 8.91. The number of benzene rings is 1. The second kappa shape index (κ2) is 5.21. The molecule has 0 radical (unpaired) electrons. The molecule has 0 heterocycles. The Morgan fingerprint density at radius 2 is 2.05 bits per heavy atom. The Morgan fingerprint density at radius 1 is 1.16 bits per heavy atom. The standard InChI is InChI=1S/C19H22/c1-14-5-3-6-16(11-14)7-4-8-17-9-10-18-12-15(2)13-19(17)18/h3,5-6,9,11-13,19H,4,7-8,10H2,1-2H3. The maximum absolute atomic E-state index is 2.45. The van der Waals surface area contributed by atoms with Gasteiger partial charge in [0.05, 0.1) is 0 Å². The van der Waals surface area contributed by atoms with E-state index >= 15 is 0 Å². The highest BCUT2D eigenvalue weighted by atomic mass is 14.3. The van der Waals surface area contributed by atoms with Gasteiger partial charge < -0.3 is 0 Å². The fourth-order valence-electron chi connectivity index (χ4n) is 3.33. The first kappa shape index (κ1) is 12.5. The fraction of sp³-hybridized carbons (Fsp3) is 0.368. The minimum Gasteiger partial charge on any atom is -0.0803 e. The molecule has 0 aliphatic heterocycles. The Hall–Kier alpha value is -1.56. The van der Waals surface area contributed by atoms with E-state index in [0.29, 0.717) is 5.92 Å². The molecule has 0 spiro atoms. The van der Waals surface area contributed by atoms with Gasteiger partial charge in [-0.1, -0.05) is 64.8 Å². The van der Waals surface area contributed by atoms with Crippen molar-refractivity contribution in [1.29, 1.82) is 0 Å². The summed E-state index contributed by atoms with van der Waals surface area (Å²) >= 11 is 0. The topological polar surface area (TPSA) is 0 Å². The average molecular weight is 250 g/mol. The molecule has 1 aromatic carbocycles. The van der Waals surface area contributed by atoms with E-state index in [1.807, 2.05) is 0 Å². The SMILES string of the molecule is CC1=CC2C(=C1)CC=C2CCCc1cccc(C)c1. The van der Waals surface area contributed by atoms with E-state index in [-0.39, 0.29) is 0 Å². The number of hydrogen-bond acceptors (Lipinski definition) is 0. The van der Waals surface area contributed by atoms with Gasteiger partial charge in [0.25, 0.3) is 0 Å². The fourth-order valence-corrected chi connectivity index (χ4v) is 3.33. The van der Waals surface area contributed by atoms with Crippen molar-refractivity contribution in [3.63, 3.8) is 0 Å². The molecule has 0 aromatic heterocycles. The molecular formula is C19H22. The van der Waals surface area contributed by atoms with Gasteiger partial charge in [-0.15, -0.1) is 0 Å². The van der Waals surface area contributed by atoms with Gasteiger partial charge in [0.1, 0.15) is 0 Å². The summed E-state index contributed by atoms with van der Waals surface area (Å²) in [5.74, 6) is 0.650. The van der Waals surface area contributed by atoms with Crippen molar-refractivity contribution in [3.8, 4) is 0 Å². The molecule has 0 nitrogen and oxygen atoms in total. The summed E-state index contributed by atoms with van der Waals surface area (Å²) < 4.78 is 0. The number of fused-ring (bicyclic) bond motifs is 1. The van der Waals surface area contributed by atoms with Crippen LogP contribution in [-0.2, 0) is 6.42 Å². The second-order valence-corrected chi connectivity index (χ2v) is 5.93.